The van der Waals surface area contributed by atoms with Crippen molar-refractivity contribution in [2.45, 2.75) is 13.8 Å². The van der Waals surface area contributed by atoms with Crippen LogP contribution in [0.25, 0.3) is 11.3 Å². The number of hydrogen-bond donors (Lipinski definition) is 1. The van der Waals surface area contributed by atoms with Gasteiger partial charge in [0, 0.05) is 43.5 Å². The van der Waals surface area contributed by atoms with Gasteiger partial charge in [-0.15, -0.1) is 0 Å². The Bertz CT molecular complexity index is 946. The van der Waals surface area contributed by atoms with E-state index in [9.17, 15) is 0 Å². The van der Waals surface area contributed by atoms with Crippen molar-refractivity contribution in [3.63, 3.8) is 0 Å². The van der Waals surface area contributed by atoms with Crippen LogP contribution in [0.1, 0.15) is 11.1 Å². The van der Waals surface area contributed by atoms with Gasteiger partial charge >= 0.3 is 0 Å². The van der Waals surface area contributed by atoms with Crippen LogP contribution in [-0.2, 0) is 0 Å². The van der Waals surface area contributed by atoms with E-state index in [1.165, 1.54) is 11.1 Å². The highest BCUT2D eigenvalue weighted by molar-refractivity contribution is 5.69. The van der Waals surface area contributed by atoms with Crippen molar-refractivity contribution in [1.29, 1.82) is 0 Å². The first-order chi connectivity index (χ1) is 13.6. The zero-order chi connectivity index (χ0) is 19.5. The van der Waals surface area contributed by atoms with Crippen LogP contribution in [-0.4, -0.2) is 48.1 Å². The molecule has 3 aromatic rings. The van der Waals surface area contributed by atoms with Gasteiger partial charge in [-0.3, -0.25) is 0 Å². The molecule has 144 valence electrons. The second-order valence-electron chi connectivity index (χ2n) is 7.54. The highest BCUT2D eigenvalue weighted by Gasteiger charge is 2.18. The lowest BCUT2D eigenvalue weighted by Gasteiger charge is -2.32. The summed E-state index contributed by atoms with van der Waals surface area (Å²) in [7, 11) is 2.16. The Hall–Kier alpha value is -2.92. The first-order valence-corrected chi connectivity index (χ1v) is 9.81. The fourth-order valence-electron chi connectivity index (χ4n) is 3.41. The van der Waals surface area contributed by atoms with Crippen molar-refractivity contribution < 1.29 is 0 Å². The minimum atomic E-state index is 0.794. The Balaban J connectivity index is 1.72. The largest absolute Gasteiger partial charge is 0.340 e. The van der Waals surface area contributed by atoms with Crippen molar-refractivity contribution in [1.82, 2.24) is 14.9 Å². The van der Waals surface area contributed by atoms with Gasteiger partial charge in [0.1, 0.15) is 5.82 Å². The summed E-state index contributed by atoms with van der Waals surface area (Å²) in [5.74, 6) is 1.62. The summed E-state index contributed by atoms with van der Waals surface area (Å²) in [5.41, 5.74) is 5.56. The lowest BCUT2D eigenvalue weighted by molar-refractivity contribution is 0.311. The molecule has 0 spiro atoms. The van der Waals surface area contributed by atoms with E-state index in [2.05, 4.69) is 66.3 Å². The Morgan fingerprint density at radius 2 is 1.61 bits per heavy atom. The second kappa shape index (κ2) is 7.98. The molecule has 0 radical (unpaired) electrons. The number of hydrogen-bond acceptors (Lipinski definition) is 5. The number of likely N-dealkylation sites (N-methyl/N-ethyl adjacent to an activating group) is 1. The summed E-state index contributed by atoms with van der Waals surface area (Å²) < 4.78 is 0. The van der Waals surface area contributed by atoms with E-state index >= 15 is 0 Å². The first-order valence-electron chi connectivity index (χ1n) is 9.81. The molecule has 0 saturated carbocycles. The molecule has 28 heavy (non-hydrogen) atoms. The fourth-order valence-corrected chi connectivity index (χ4v) is 3.41. The third-order valence-electron chi connectivity index (χ3n) is 5.23. The summed E-state index contributed by atoms with van der Waals surface area (Å²) in [4.78, 5) is 14.4. The van der Waals surface area contributed by atoms with Gasteiger partial charge in [-0.1, -0.05) is 42.5 Å². The predicted molar refractivity (Wildman–Crippen MR) is 116 cm³/mol. The molecule has 2 aromatic carbocycles. The number of aromatic nitrogens is 2. The Morgan fingerprint density at radius 1 is 0.857 bits per heavy atom. The fraction of sp³-hybridized carbons (Fsp3) is 0.304. The molecule has 5 heteroatoms. The van der Waals surface area contributed by atoms with E-state index in [0.717, 1.165) is 54.9 Å². The third-order valence-corrected chi connectivity index (χ3v) is 5.23. The predicted octanol–water partition coefficient (Wildman–Crippen LogP) is 4.26. The monoisotopic (exact) mass is 373 g/mol. The number of aryl methyl sites for hydroxylation is 2. The molecule has 4 rings (SSSR count). The van der Waals surface area contributed by atoms with Gasteiger partial charge in [0.2, 0.25) is 5.95 Å². The maximum atomic E-state index is 4.89. The van der Waals surface area contributed by atoms with Crippen molar-refractivity contribution in [2.75, 3.05) is 43.4 Å². The maximum absolute atomic E-state index is 4.89. The molecule has 0 aliphatic carbocycles. The van der Waals surface area contributed by atoms with Crippen LogP contribution >= 0.6 is 0 Å². The molecule has 0 amide bonds. The summed E-state index contributed by atoms with van der Waals surface area (Å²) in [6.45, 7) is 8.16. The van der Waals surface area contributed by atoms with Crippen molar-refractivity contribution in [3.05, 3.63) is 65.7 Å². The van der Waals surface area contributed by atoms with E-state index in [4.69, 9.17) is 9.97 Å². The summed E-state index contributed by atoms with van der Waals surface area (Å²) in [5, 5.41) is 3.52. The molecule has 1 saturated heterocycles. The molecule has 0 atom stereocenters. The average molecular weight is 374 g/mol. The van der Waals surface area contributed by atoms with Gasteiger partial charge in [0.05, 0.1) is 5.69 Å². The van der Waals surface area contributed by atoms with E-state index < -0.39 is 0 Å². The van der Waals surface area contributed by atoms with E-state index in [-0.39, 0.29) is 0 Å². The van der Waals surface area contributed by atoms with Crippen LogP contribution in [0.2, 0.25) is 0 Å². The minimum Gasteiger partial charge on any atom is -0.340 e. The number of piperazine rings is 1. The van der Waals surface area contributed by atoms with Crippen molar-refractivity contribution in [2.24, 2.45) is 0 Å². The molecule has 2 heterocycles. The molecule has 1 N–H and O–H groups in total. The molecule has 5 nitrogen and oxygen atoms in total. The van der Waals surface area contributed by atoms with Crippen LogP contribution in [0.3, 0.4) is 0 Å². The normalized spacial score (nSPS) is 14.9. The van der Waals surface area contributed by atoms with Gasteiger partial charge in [0.15, 0.2) is 0 Å². The van der Waals surface area contributed by atoms with Crippen LogP contribution in [0.15, 0.2) is 54.6 Å². The smallest absolute Gasteiger partial charge is 0.227 e. The number of rotatable bonds is 4. The van der Waals surface area contributed by atoms with E-state index in [0.29, 0.717) is 0 Å². The number of anilines is 3. The van der Waals surface area contributed by atoms with E-state index in [1.807, 2.05) is 24.3 Å². The lowest BCUT2D eigenvalue weighted by Crippen LogP contribution is -2.45. The summed E-state index contributed by atoms with van der Waals surface area (Å²) in [6, 6.07) is 18.8. The molecular weight excluding hydrogens is 346 g/mol. The molecule has 1 aromatic heterocycles. The highest BCUT2D eigenvalue weighted by Crippen LogP contribution is 2.27. The highest BCUT2D eigenvalue weighted by atomic mass is 15.3. The Kier molecular flexibility index (Phi) is 5.26. The molecule has 1 aliphatic rings. The van der Waals surface area contributed by atoms with Gasteiger partial charge in [-0.25, -0.2) is 4.98 Å². The van der Waals surface area contributed by atoms with Gasteiger partial charge in [0.25, 0.3) is 0 Å². The molecule has 0 unspecified atom stereocenters. The second-order valence-corrected chi connectivity index (χ2v) is 7.54. The standard InChI is InChI=1S/C23H27N5/c1-17-9-10-18(2)20(15-17)24-22-16-21(19-7-5-4-6-8-19)25-23(26-22)28-13-11-27(3)12-14-28/h4-10,15-16H,11-14H2,1-3H3,(H,24,25,26). The van der Waals surface area contributed by atoms with Crippen molar-refractivity contribution in [3.8, 4) is 11.3 Å². The summed E-state index contributed by atoms with van der Waals surface area (Å²) >= 11 is 0. The first kappa shape index (κ1) is 18.4. The van der Waals surface area contributed by atoms with E-state index in [1.54, 1.807) is 0 Å². The Labute approximate surface area is 167 Å². The average Bonchev–Trinajstić information content (AvgIpc) is 2.72. The molecule has 1 fully saturated rings. The lowest BCUT2D eigenvalue weighted by atomic mass is 10.1. The SMILES string of the molecule is Cc1ccc(C)c(Nc2cc(-c3ccccc3)nc(N3CCN(C)CC3)n2)c1. The maximum Gasteiger partial charge on any atom is 0.227 e. The van der Waals surface area contributed by atoms with Gasteiger partial charge in [-0.05, 0) is 38.1 Å². The van der Waals surface area contributed by atoms with Crippen LogP contribution in [0.5, 0.6) is 0 Å². The third kappa shape index (κ3) is 4.15. The molecular formula is C23H27N5. The quantitative estimate of drug-likeness (QED) is 0.740. The zero-order valence-electron chi connectivity index (χ0n) is 16.8. The topological polar surface area (TPSA) is 44.3 Å². The van der Waals surface area contributed by atoms with Gasteiger partial charge < -0.3 is 15.1 Å². The zero-order valence-corrected chi connectivity index (χ0v) is 16.8. The minimum absolute atomic E-state index is 0.794. The molecule has 1 aliphatic heterocycles. The van der Waals surface area contributed by atoms with Crippen LogP contribution in [0, 0.1) is 13.8 Å². The number of benzene rings is 2. The number of nitrogens with zero attached hydrogens (tertiary/aromatic N) is 4. The number of nitrogens with one attached hydrogen (secondary N) is 1. The summed E-state index contributed by atoms with van der Waals surface area (Å²) in [6.07, 6.45) is 0. The Morgan fingerprint density at radius 3 is 2.36 bits per heavy atom. The van der Waals surface area contributed by atoms with Crippen LogP contribution < -0.4 is 10.2 Å². The van der Waals surface area contributed by atoms with Crippen molar-refractivity contribution >= 4 is 17.5 Å². The van der Waals surface area contributed by atoms with Gasteiger partial charge in [-0.2, -0.15) is 4.98 Å². The van der Waals surface area contributed by atoms with Crippen LogP contribution in [0.4, 0.5) is 17.5 Å². The molecule has 0 bridgehead atoms.